The van der Waals surface area contributed by atoms with Gasteiger partial charge in [-0.1, -0.05) is 11.6 Å². The number of sulfone groups is 1. The molecule has 0 saturated carbocycles. The number of rotatable bonds is 4. The Kier molecular flexibility index (Phi) is 4.85. The van der Waals surface area contributed by atoms with E-state index in [1.165, 1.54) is 36.0 Å². The summed E-state index contributed by atoms with van der Waals surface area (Å²) in [5.41, 5.74) is 2.43. The Morgan fingerprint density at radius 1 is 1.12 bits per heavy atom. The molecule has 0 unspecified atom stereocenters. The summed E-state index contributed by atoms with van der Waals surface area (Å²) in [5.74, 6) is -0.612. The average molecular weight is 394 g/mol. The minimum absolute atomic E-state index is 0.0483. The van der Waals surface area contributed by atoms with E-state index < -0.39 is 15.7 Å². The number of hydrogen-bond donors (Lipinski definition) is 1. The van der Waals surface area contributed by atoms with Crippen LogP contribution in [0.5, 0.6) is 0 Å². The van der Waals surface area contributed by atoms with E-state index in [2.05, 4.69) is 15.3 Å². The minimum Gasteiger partial charge on any atom is -0.319 e. The predicted octanol–water partition coefficient (Wildman–Crippen LogP) is 3.59. The molecule has 1 N–H and O–H groups in total. The molecule has 128 valence electrons. The van der Waals surface area contributed by atoms with Crippen LogP contribution in [0.2, 0.25) is 5.02 Å². The molecule has 25 heavy (non-hydrogen) atoms. The quantitative estimate of drug-likeness (QED) is 0.731. The summed E-state index contributed by atoms with van der Waals surface area (Å²) >= 11 is 6.68. The SMILES string of the molecule is Cc1ccc(NC(=O)c2ncsc2S(=O)(=O)c2ccc(Cl)cc2)cn1. The molecule has 9 heteroatoms. The average Bonchev–Trinajstić information content (AvgIpc) is 3.08. The number of amides is 1. The second-order valence-corrected chi connectivity index (χ2v) is 8.52. The Bertz CT molecular complexity index is 1010. The van der Waals surface area contributed by atoms with Crippen LogP contribution in [0.3, 0.4) is 0 Å². The summed E-state index contributed by atoms with van der Waals surface area (Å²) < 4.78 is 25.4. The number of anilines is 1. The number of nitrogens with one attached hydrogen (secondary N) is 1. The second kappa shape index (κ2) is 6.91. The maximum atomic E-state index is 12.8. The van der Waals surface area contributed by atoms with Gasteiger partial charge < -0.3 is 5.32 Å². The van der Waals surface area contributed by atoms with Crippen LogP contribution >= 0.6 is 22.9 Å². The zero-order valence-electron chi connectivity index (χ0n) is 12.9. The zero-order valence-corrected chi connectivity index (χ0v) is 15.3. The molecule has 1 amide bonds. The van der Waals surface area contributed by atoms with Gasteiger partial charge in [0.25, 0.3) is 5.91 Å². The first-order valence-corrected chi connectivity index (χ1v) is 9.80. The van der Waals surface area contributed by atoms with Crippen molar-refractivity contribution in [2.45, 2.75) is 16.0 Å². The molecular weight excluding hydrogens is 382 g/mol. The Labute approximate surface area is 153 Å². The molecule has 0 radical (unpaired) electrons. The van der Waals surface area contributed by atoms with Gasteiger partial charge in [0.2, 0.25) is 9.84 Å². The molecule has 0 aliphatic rings. The number of thiazole rings is 1. The molecule has 0 aliphatic heterocycles. The highest BCUT2D eigenvalue weighted by Gasteiger charge is 2.27. The lowest BCUT2D eigenvalue weighted by atomic mass is 10.3. The van der Waals surface area contributed by atoms with E-state index in [9.17, 15) is 13.2 Å². The summed E-state index contributed by atoms with van der Waals surface area (Å²) in [6.07, 6.45) is 1.49. The molecule has 2 heterocycles. The van der Waals surface area contributed by atoms with E-state index in [0.717, 1.165) is 17.0 Å². The number of aryl methyl sites for hydroxylation is 1. The van der Waals surface area contributed by atoms with Crippen molar-refractivity contribution in [3.63, 3.8) is 0 Å². The van der Waals surface area contributed by atoms with Crippen molar-refractivity contribution in [2.24, 2.45) is 0 Å². The Balaban J connectivity index is 1.93. The van der Waals surface area contributed by atoms with Crippen LogP contribution in [-0.4, -0.2) is 24.3 Å². The summed E-state index contributed by atoms with van der Waals surface area (Å²) in [6, 6.07) is 9.16. The number of pyridine rings is 1. The second-order valence-electron chi connectivity index (χ2n) is 5.09. The fourth-order valence-electron chi connectivity index (χ4n) is 2.03. The zero-order chi connectivity index (χ0) is 18.0. The number of benzene rings is 1. The smallest absolute Gasteiger partial charge is 0.276 e. The van der Waals surface area contributed by atoms with Gasteiger partial charge in [-0.15, -0.1) is 11.3 Å². The van der Waals surface area contributed by atoms with Gasteiger partial charge in [0.15, 0.2) is 9.90 Å². The topological polar surface area (TPSA) is 89.0 Å². The van der Waals surface area contributed by atoms with Crippen molar-refractivity contribution in [3.8, 4) is 0 Å². The molecular formula is C16H12ClN3O3S2. The highest BCUT2D eigenvalue weighted by molar-refractivity contribution is 7.93. The summed E-state index contributed by atoms with van der Waals surface area (Å²) in [5, 5.41) is 3.03. The van der Waals surface area contributed by atoms with Gasteiger partial charge in [-0.05, 0) is 43.3 Å². The Morgan fingerprint density at radius 2 is 1.84 bits per heavy atom. The number of carbonyl (C=O) groups excluding carboxylic acids is 1. The van der Waals surface area contributed by atoms with E-state index in [4.69, 9.17) is 11.6 Å². The minimum atomic E-state index is -3.87. The third-order valence-corrected chi connectivity index (χ3v) is 6.68. The fraction of sp³-hybridized carbons (Fsp3) is 0.0625. The van der Waals surface area contributed by atoms with Crippen LogP contribution in [0.25, 0.3) is 0 Å². The predicted molar refractivity (Wildman–Crippen MR) is 95.9 cm³/mol. The third kappa shape index (κ3) is 3.71. The number of aromatic nitrogens is 2. The first kappa shape index (κ1) is 17.5. The third-order valence-electron chi connectivity index (χ3n) is 3.29. The van der Waals surface area contributed by atoms with Gasteiger partial charge >= 0.3 is 0 Å². The van der Waals surface area contributed by atoms with Crippen LogP contribution in [0, 0.1) is 6.92 Å². The molecule has 0 aliphatic carbocycles. The molecule has 3 aromatic rings. The van der Waals surface area contributed by atoms with Crippen LogP contribution in [-0.2, 0) is 9.84 Å². The molecule has 0 atom stereocenters. The molecule has 0 bridgehead atoms. The molecule has 0 spiro atoms. The maximum absolute atomic E-state index is 12.8. The largest absolute Gasteiger partial charge is 0.319 e. The Hall–Kier alpha value is -2.29. The van der Waals surface area contributed by atoms with Crippen LogP contribution < -0.4 is 5.32 Å². The summed E-state index contributed by atoms with van der Waals surface area (Å²) in [4.78, 5) is 20.5. The van der Waals surface area contributed by atoms with E-state index in [1.807, 2.05) is 6.92 Å². The molecule has 3 rings (SSSR count). The fourth-order valence-corrected chi connectivity index (χ4v) is 4.70. The molecule has 2 aromatic heterocycles. The maximum Gasteiger partial charge on any atom is 0.276 e. The van der Waals surface area contributed by atoms with Crippen molar-refractivity contribution in [2.75, 3.05) is 5.32 Å². The van der Waals surface area contributed by atoms with Gasteiger partial charge in [0.1, 0.15) is 0 Å². The highest BCUT2D eigenvalue weighted by atomic mass is 35.5. The van der Waals surface area contributed by atoms with E-state index in [-0.39, 0.29) is 14.8 Å². The monoisotopic (exact) mass is 393 g/mol. The number of hydrogen-bond acceptors (Lipinski definition) is 6. The van der Waals surface area contributed by atoms with Crippen molar-refractivity contribution in [1.29, 1.82) is 0 Å². The van der Waals surface area contributed by atoms with Gasteiger partial charge in [-0.3, -0.25) is 9.78 Å². The normalized spacial score (nSPS) is 11.3. The lowest BCUT2D eigenvalue weighted by molar-refractivity contribution is 0.102. The lowest BCUT2D eigenvalue weighted by Gasteiger charge is -2.06. The van der Waals surface area contributed by atoms with Crippen molar-refractivity contribution in [3.05, 3.63) is 64.5 Å². The number of nitrogens with zero attached hydrogens (tertiary/aromatic N) is 2. The molecule has 1 aromatic carbocycles. The Morgan fingerprint density at radius 3 is 2.48 bits per heavy atom. The van der Waals surface area contributed by atoms with Gasteiger partial charge in [0.05, 0.1) is 22.3 Å². The number of halogens is 1. The first-order valence-electron chi connectivity index (χ1n) is 7.06. The van der Waals surface area contributed by atoms with E-state index in [1.54, 1.807) is 12.1 Å². The van der Waals surface area contributed by atoms with Crippen molar-refractivity contribution < 1.29 is 13.2 Å². The van der Waals surface area contributed by atoms with Crippen LogP contribution in [0.15, 0.2) is 57.2 Å². The van der Waals surface area contributed by atoms with Crippen molar-refractivity contribution >= 4 is 44.4 Å². The highest BCUT2D eigenvalue weighted by Crippen LogP contribution is 2.28. The van der Waals surface area contributed by atoms with Gasteiger partial charge in [-0.2, -0.15) is 0 Å². The standard InChI is InChI=1S/C16H12ClN3O3S2/c1-10-2-5-12(8-18-10)20-15(21)14-16(24-9-19-14)25(22,23)13-6-3-11(17)4-7-13/h2-9H,1H3,(H,20,21). The van der Waals surface area contributed by atoms with E-state index in [0.29, 0.717) is 10.7 Å². The molecule has 0 saturated heterocycles. The molecule has 6 nitrogen and oxygen atoms in total. The van der Waals surface area contributed by atoms with Crippen LogP contribution in [0.1, 0.15) is 16.2 Å². The molecule has 0 fully saturated rings. The first-order chi connectivity index (χ1) is 11.9. The van der Waals surface area contributed by atoms with Crippen LogP contribution in [0.4, 0.5) is 5.69 Å². The summed E-state index contributed by atoms with van der Waals surface area (Å²) in [7, 11) is -3.87. The summed E-state index contributed by atoms with van der Waals surface area (Å²) in [6.45, 7) is 1.82. The van der Waals surface area contributed by atoms with Crippen molar-refractivity contribution in [1.82, 2.24) is 9.97 Å². The number of carbonyl (C=O) groups is 1. The van der Waals surface area contributed by atoms with Gasteiger partial charge in [0, 0.05) is 10.7 Å². The van der Waals surface area contributed by atoms with E-state index >= 15 is 0 Å². The van der Waals surface area contributed by atoms with Gasteiger partial charge in [-0.25, -0.2) is 13.4 Å². The lowest BCUT2D eigenvalue weighted by Crippen LogP contribution is -2.16.